The fourth-order valence-electron chi connectivity index (χ4n) is 3.41. The third-order valence-corrected chi connectivity index (χ3v) is 4.70. The number of carbonyl (C=O) groups excluding carboxylic acids is 1. The van der Waals surface area contributed by atoms with Crippen LogP contribution in [0.1, 0.15) is 45.4 Å². The second kappa shape index (κ2) is 6.36. The van der Waals surface area contributed by atoms with E-state index in [1.54, 1.807) is 11.3 Å². The van der Waals surface area contributed by atoms with Gasteiger partial charge in [0.25, 0.3) is 0 Å². The molecule has 4 nitrogen and oxygen atoms in total. The molecule has 118 valence electrons. The Morgan fingerprint density at radius 1 is 1.33 bits per heavy atom. The van der Waals surface area contributed by atoms with E-state index in [1.165, 1.54) is 4.88 Å². The Morgan fingerprint density at radius 3 is 2.57 bits per heavy atom. The summed E-state index contributed by atoms with van der Waals surface area (Å²) in [6, 6.07) is 4.31. The van der Waals surface area contributed by atoms with Crippen LogP contribution in [0.5, 0.6) is 0 Å². The summed E-state index contributed by atoms with van der Waals surface area (Å²) in [4.78, 5) is 13.3. The molecule has 1 fully saturated rings. The molecule has 2 amide bonds. The van der Waals surface area contributed by atoms with Crippen LogP contribution in [-0.2, 0) is 6.42 Å². The lowest BCUT2D eigenvalue weighted by Crippen LogP contribution is -2.62. The van der Waals surface area contributed by atoms with E-state index in [-0.39, 0.29) is 23.2 Å². The van der Waals surface area contributed by atoms with E-state index in [2.05, 4.69) is 55.1 Å². The quantitative estimate of drug-likeness (QED) is 0.801. The average Bonchev–Trinajstić information content (AvgIpc) is 2.77. The van der Waals surface area contributed by atoms with Crippen LogP contribution in [0.2, 0.25) is 0 Å². The Kier molecular flexibility index (Phi) is 4.94. The molecule has 3 N–H and O–H groups in total. The summed E-state index contributed by atoms with van der Waals surface area (Å²) in [5.74, 6) is 0. The zero-order valence-corrected chi connectivity index (χ0v) is 14.3. The van der Waals surface area contributed by atoms with Crippen molar-refractivity contribution in [1.29, 1.82) is 0 Å². The van der Waals surface area contributed by atoms with Gasteiger partial charge in [0, 0.05) is 28.5 Å². The fourth-order valence-corrected chi connectivity index (χ4v) is 4.12. The molecule has 1 aliphatic rings. The minimum absolute atomic E-state index is 0.0509. The first kappa shape index (κ1) is 16.3. The van der Waals surface area contributed by atoms with Crippen LogP contribution in [0, 0.1) is 0 Å². The fraction of sp³-hybridized carbons (Fsp3) is 0.688. The van der Waals surface area contributed by atoms with Crippen LogP contribution in [0.15, 0.2) is 17.5 Å². The number of amides is 2. The van der Waals surface area contributed by atoms with Crippen molar-refractivity contribution in [2.45, 2.75) is 64.1 Å². The maximum Gasteiger partial charge on any atom is 0.315 e. The zero-order valence-electron chi connectivity index (χ0n) is 13.5. The van der Waals surface area contributed by atoms with Gasteiger partial charge in [-0.3, -0.25) is 0 Å². The van der Waals surface area contributed by atoms with Crippen LogP contribution in [0.3, 0.4) is 0 Å². The second-order valence-electron chi connectivity index (χ2n) is 7.23. The van der Waals surface area contributed by atoms with Crippen molar-refractivity contribution in [3.05, 3.63) is 22.4 Å². The van der Waals surface area contributed by atoms with Gasteiger partial charge in [0.15, 0.2) is 0 Å². The SMILES string of the molecule is CC1(C)CC(NC(=O)NCCc2cccs2)CC(C)(C)N1. The maximum absolute atomic E-state index is 12.0. The first-order valence-electron chi connectivity index (χ1n) is 7.62. The molecule has 0 unspecified atom stereocenters. The Balaban J connectivity index is 1.76. The van der Waals surface area contributed by atoms with Crippen molar-refractivity contribution in [1.82, 2.24) is 16.0 Å². The lowest BCUT2D eigenvalue weighted by molar-refractivity contribution is 0.147. The van der Waals surface area contributed by atoms with Gasteiger partial charge in [-0.1, -0.05) is 6.07 Å². The van der Waals surface area contributed by atoms with E-state index in [0.29, 0.717) is 6.54 Å². The Hall–Kier alpha value is -1.07. The van der Waals surface area contributed by atoms with Crippen molar-refractivity contribution in [3.8, 4) is 0 Å². The largest absolute Gasteiger partial charge is 0.338 e. The number of rotatable bonds is 4. The molecule has 0 atom stereocenters. The standard InChI is InChI=1S/C16H27N3OS/c1-15(2)10-12(11-16(3,4)19-15)18-14(20)17-8-7-13-6-5-9-21-13/h5-6,9,12,19H,7-8,10-11H2,1-4H3,(H2,17,18,20). The van der Waals surface area contributed by atoms with E-state index < -0.39 is 0 Å². The highest BCUT2D eigenvalue weighted by atomic mass is 32.1. The van der Waals surface area contributed by atoms with Crippen molar-refractivity contribution in [3.63, 3.8) is 0 Å². The summed E-state index contributed by atoms with van der Waals surface area (Å²) in [5.41, 5.74) is 0.104. The van der Waals surface area contributed by atoms with Crippen molar-refractivity contribution >= 4 is 17.4 Å². The molecule has 0 saturated carbocycles. The molecule has 1 aromatic heterocycles. The third-order valence-electron chi connectivity index (χ3n) is 3.76. The van der Waals surface area contributed by atoms with E-state index in [0.717, 1.165) is 19.3 Å². The van der Waals surface area contributed by atoms with E-state index in [4.69, 9.17) is 0 Å². The predicted octanol–water partition coefficient (Wildman–Crippen LogP) is 2.90. The van der Waals surface area contributed by atoms with Crippen LogP contribution in [0.25, 0.3) is 0 Å². The highest BCUT2D eigenvalue weighted by molar-refractivity contribution is 7.09. The topological polar surface area (TPSA) is 53.2 Å². The zero-order chi connectivity index (χ0) is 15.5. The molecule has 2 rings (SSSR count). The molecule has 1 aromatic rings. The number of hydrogen-bond donors (Lipinski definition) is 3. The summed E-state index contributed by atoms with van der Waals surface area (Å²) in [5, 5.41) is 11.8. The number of piperidine rings is 1. The summed E-state index contributed by atoms with van der Waals surface area (Å²) < 4.78 is 0. The number of hydrogen-bond acceptors (Lipinski definition) is 3. The first-order chi connectivity index (χ1) is 9.76. The molecule has 21 heavy (non-hydrogen) atoms. The predicted molar refractivity (Wildman–Crippen MR) is 88.9 cm³/mol. The molecule has 0 aromatic carbocycles. The van der Waals surface area contributed by atoms with Crippen molar-refractivity contribution < 1.29 is 4.79 Å². The van der Waals surface area contributed by atoms with Crippen molar-refractivity contribution in [2.75, 3.05) is 6.54 Å². The molecule has 0 bridgehead atoms. The molecule has 1 aliphatic heterocycles. The monoisotopic (exact) mass is 309 g/mol. The van der Waals surface area contributed by atoms with Crippen LogP contribution in [-0.4, -0.2) is 29.7 Å². The number of urea groups is 1. The summed E-state index contributed by atoms with van der Waals surface area (Å²) in [6.45, 7) is 9.45. The van der Waals surface area contributed by atoms with E-state index in [1.807, 2.05) is 6.07 Å². The average molecular weight is 309 g/mol. The van der Waals surface area contributed by atoms with Crippen LogP contribution < -0.4 is 16.0 Å². The van der Waals surface area contributed by atoms with E-state index >= 15 is 0 Å². The molecular formula is C16H27N3OS. The summed E-state index contributed by atoms with van der Waals surface area (Å²) >= 11 is 1.73. The normalized spacial score (nSPS) is 21.0. The third kappa shape index (κ3) is 5.32. The molecular weight excluding hydrogens is 282 g/mol. The number of nitrogens with one attached hydrogen (secondary N) is 3. The summed E-state index contributed by atoms with van der Waals surface area (Å²) in [7, 11) is 0. The second-order valence-corrected chi connectivity index (χ2v) is 8.26. The number of thiophene rings is 1. The molecule has 2 heterocycles. The van der Waals surface area contributed by atoms with Crippen molar-refractivity contribution in [2.24, 2.45) is 0 Å². The van der Waals surface area contributed by atoms with Gasteiger partial charge in [0.2, 0.25) is 0 Å². The Bertz CT molecular complexity index is 452. The van der Waals surface area contributed by atoms with Gasteiger partial charge >= 0.3 is 6.03 Å². The highest BCUT2D eigenvalue weighted by Gasteiger charge is 2.38. The van der Waals surface area contributed by atoms with Gasteiger partial charge in [-0.15, -0.1) is 11.3 Å². The van der Waals surface area contributed by atoms with Gasteiger partial charge < -0.3 is 16.0 Å². The molecule has 0 radical (unpaired) electrons. The molecule has 0 spiro atoms. The van der Waals surface area contributed by atoms with Gasteiger partial charge in [-0.05, 0) is 58.4 Å². The van der Waals surface area contributed by atoms with Gasteiger partial charge in [0.1, 0.15) is 0 Å². The van der Waals surface area contributed by atoms with Gasteiger partial charge in [0.05, 0.1) is 0 Å². The van der Waals surface area contributed by atoms with Crippen LogP contribution >= 0.6 is 11.3 Å². The van der Waals surface area contributed by atoms with Gasteiger partial charge in [-0.25, -0.2) is 4.79 Å². The smallest absolute Gasteiger partial charge is 0.315 e. The molecule has 5 heteroatoms. The van der Waals surface area contributed by atoms with E-state index in [9.17, 15) is 4.79 Å². The molecule has 0 aliphatic carbocycles. The maximum atomic E-state index is 12.0. The minimum atomic E-state index is -0.0509. The molecule has 1 saturated heterocycles. The lowest BCUT2D eigenvalue weighted by atomic mass is 9.80. The van der Waals surface area contributed by atoms with Gasteiger partial charge in [-0.2, -0.15) is 0 Å². The summed E-state index contributed by atoms with van der Waals surface area (Å²) in [6.07, 6.45) is 2.80. The van der Waals surface area contributed by atoms with Crippen LogP contribution in [0.4, 0.5) is 4.79 Å². The lowest BCUT2D eigenvalue weighted by Gasteiger charge is -2.46. The minimum Gasteiger partial charge on any atom is -0.338 e. The number of carbonyl (C=O) groups is 1. The Labute approximate surface area is 131 Å². The first-order valence-corrected chi connectivity index (χ1v) is 8.50. The highest BCUT2D eigenvalue weighted by Crippen LogP contribution is 2.28. The Morgan fingerprint density at radius 2 is 2.00 bits per heavy atom.